The van der Waals surface area contributed by atoms with Gasteiger partial charge in [-0.25, -0.2) is 9.37 Å². The van der Waals surface area contributed by atoms with Crippen LogP contribution in [0.4, 0.5) is 4.39 Å². The monoisotopic (exact) mass is 361 g/mol. The Morgan fingerprint density at radius 2 is 2.07 bits per heavy atom. The van der Waals surface area contributed by atoms with Crippen molar-refractivity contribution in [3.63, 3.8) is 0 Å². The Morgan fingerprint density at radius 3 is 2.81 bits per heavy atom. The summed E-state index contributed by atoms with van der Waals surface area (Å²) in [5.74, 6) is 0.937. The van der Waals surface area contributed by atoms with Crippen molar-refractivity contribution in [1.82, 2.24) is 9.55 Å². The molecule has 2 atom stereocenters. The molecule has 0 saturated heterocycles. The molecular formula is C22H20FN3O. The summed E-state index contributed by atoms with van der Waals surface area (Å²) in [4.78, 5) is 4.34. The maximum Gasteiger partial charge on any atom is 0.125 e. The highest BCUT2D eigenvalue weighted by Gasteiger charge is 2.29. The number of rotatable bonds is 4. The number of methoxy groups -OCH3 is 1. The molecule has 1 unspecified atom stereocenters. The number of halogens is 1. The molecule has 1 aliphatic heterocycles. The normalized spacial score (nSPS) is 18.6. The lowest BCUT2D eigenvalue weighted by Gasteiger charge is -2.32. The van der Waals surface area contributed by atoms with Gasteiger partial charge in [-0.3, -0.25) is 0 Å². The van der Waals surface area contributed by atoms with E-state index in [0.717, 1.165) is 36.1 Å². The molecule has 0 aliphatic carbocycles. The highest BCUT2D eigenvalue weighted by molar-refractivity contribution is 5.44. The van der Waals surface area contributed by atoms with Crippen molar-refractivity contribution in [3.8, 4) is 11.8 Å². The minimum absolute atomic E-state index is 0.101. The van der Waals surface area contributed by atoms with E-state index in [1.165, 1.54) is 17.8 Å². The Balaban J connectivity index is 1.66. The maximum atomic E-state index is 13.2. The number of imidazole rings is 1. The summed E-state index contributed by atoms with van der Waals surface area (Å²) in [6.45, 7) is 0. The SMILES string of the molecule is COc1cc(C#N)ccc1[C@@H]1CC(Cc2ccc(F)cc2)Cc2cncn21. The molecule has 2 aromatic carbocycles. The third-order valence-electron chi connectivity index (χ3n) is 5.30. The van der Waals surface area contributed by atoms with Crippen LogP contribution in [0.5, 0.6) is 5.75 Å². The minimum atomic E-state index is -0.208. The van der Waals surface area contributed by atoms with Crippen LogP contribution in [0.25, 0.3) is 0 Å². The van der Waals surface area contributed by atoms with Gasteiger partial charge in [-0.1, -0.05) is 18.2 Å². The van der Waals surface area contributed by atoms with Crippen molar-refractivity contribution in [3.05, 3.63) is 83.2 Å². The summed E-state index contributed by atoms with van der Waals surface area (Å²) >= 11 is 0. The van der Waals surface area contributed by atoms with E-state index in [0.29, 0.717) is 11.5 Å². The largest absolute Gasteiger partial charge is 0.496 e. The van der Waals surface area contributed by atoms with Crippen LogP contribution < -0.4 is 4.74 Å². The molecule has 0 fully saturated rings. The Hall–Kier alpha value is -3.13. The predicted octanol–water partition coefficient (Wildman–Crippen LogP) is 4.30. The van der Waals surface area contributed by atoms with Gasteiger partial charge in [-0.2, -0.15) is 5.26 Å². The van der Waals surface area contributed by atoms with Crippen molar-refractivity contribution in [2.24, 2.45) is 5.92 Å². The topological polar surface area (TPSA) is 50.8 Å². The third-order valence-corrected chi connectivity index (χ3v) is 5.30. The maximum absolute atomic E-state index is 13.2. The number of hydrogen-bond donors (Lipinski definition) is 0. The average molecular weight is 361 g/mol. The lowest BCUT2D eigenvalue weighted by molar-refractivity contribution is 0.331. The van der Waals surface area contributed by atoms with E-state index in [1.807, 2.05) is 36.8 Å². The molecule has 0 bridgehead atoms. The first-order chi connectivity index (χ1) is 13.2. The van der Waals surface area contributed by atoms with E-state index in [1.54, 1.807) is 13.2 Å². The quantitative estimate of drug-likeness (QED) is 0.696. The molecule has 1 aliphatic rings. The van der Waals surface area contributed by atoms with E-state index < -0.39 is 0 Å². The fourth-order valence-electron chi connectivity index (χ4n) is 4.02. The highest BCUT2D eigenvalue weighted by atomic mass is 19.1. The van der Waals surface area contributed by atoms with Crippen LogP contribution in [-0.4, -0.2) is 16.7 Å². The van der Waals surface area contributed by atoms with Crippen molar-refractivity contribution in [1.29, 1.82) is 5.26 Å². The number of hydrogen-bond acceptors (Lipinski definition) is 3. The first-order valence-electron chi connectivity index (χ1n) is 9.01. The van der Waals surface area contributed by atoms with Crippen LogP contribution in [0.15, 0.2) is 55.0 Å². The molecule has 4 rings (SSSR count). The smallest absolute Gasteiger partial charge is 0.125 e. The number of nitrogens with zero attached hydrogens (tertiary/aromatic N) is 3. The second-order valence-corrected chi connectivity index (χ2v) is 7.01. The van der Waals surface area contributed by atoms with Gasteiger partial charge >= 0.3 is 0 Å². The number of nitriles is 1. The van der Waals surface area contributed by atoms with Gasteiger partial charge in [-0.05, 0) is 55.0 Å². The lowest BCUT2D eigenvalue weighted by Crippen LogP contribution is -2.26. The Labute approximate surface area is 157 Å². The zero-order valence-electron chi connectivity index (χ0n) is 15.1. The molecule has 0 amide bonds. The van der Waals surface area contributed by atoms with Crippen LogP contribution >= 0.6 is 0 Å². The highest BCUT2D eigenvalue weighted by Crippen LogP contribution is 2.39. The molecule has 1 aromatic heterocycles. The van der Waals surface area contributed by atoms with Crippen LogP contribution in [0, 0.1) is 23.1 Å². The van der Waals surface area contributed by atoms with Crippen molar-refractivity contribution in [2.75, 3.05) is 7.11 Å². The van der Waals surface area contributed by atoms with Gasteiger partial charge in [0, 0.05) is 17.5 Å². The van der Waals surface area contributed by atoms with E-state index in [2.05, 4.69) is 15.6 Å². The van der Waals surface area contributed by atoms with Gasteiger partial charge in [0.15, 0.2) is 0 Å². The second kappa shape index (κ2) is 7.24. The summed E-state index contributed by atoms with van der Waals surface area (Å²) in [6, 6.07) is 14.6. The first-order valence-corrected chi connectivity index (χ1v) is 9.01. The first kappa shape index (κ1) is 17.3. The van der Waals surface area contributed by atoms with Crippen molar-refractivity contribution < 1.29 is 9.13 Å². The zero-order valence-corrected chi connectivity index (χ0v) is 15.1. The molecule has 3 aromatic rings. The summed E-state index contributed by atoms with van der Waals surface area (Å²) in [7, 11) is 1.63. The molecule has 0 spiro atoms. The molecule has 2 heterocycles. The average Bonchev–Trinajstić information content (AvgIpc) is 3.17. The van der Waals surface area contributed by atoms with Crippen LogP contribution in [0.2, 0.25) is 0 Å². The van der Waals surface area contributed by atoms with Gasteiger partial charge in [-0.15, -0.1) is 0 Å². The molecule has 0 N–H and O–H groups in total. The second-order valence-electron chi connectivity index (χ2n) is 7.01. The Kier molecular flexibility index (Phi) is 4.64. The number of ether oxygens (including phenoxy) is 1. The van der Waals surface area contributed by atoms with E-state index >= 15 is 0 Å². The fraction of sp³-hybridized carbons (Fsp3) is 0.273. The molecule has 27 heavy (non-hydrogen) atoms. The molecular weight excluding hydrogens is 341 g/mol. The van der Waals surface area contributed by atoms with Gasteiger partial charge in [0.1, 0.15) is 11.6 Å². The molecule has 0 radical (unpaired) electrons. The molecule has 4 nitrogen and oxygen atoms in total. The summed E-state index contributed by atoms with van der Waals surface area (Å²) in [6.07, 6.45) is 6.54. The Bertz CT molecular complexity index is 988. The van der Waals surface area contributed by atoms with E-state index in [9.17, 15) is 4.39 Å². The summed E-state index contributed by atoms with van der Waals surface area (Å²) in [5, 5.41) is 9.16. The van der Waals surface area contributed by atoms with Gasteiger partial charge in [0.25, 0.3) is 0 Å². The van der Waals surface area contributed by atoms with Crippen molar-refractivity contribution in [2.45, 2.75) is 25.3 Å². The fourth-order valence-corrected chi connectivity index (χ4v) is 4.02. The lowest BCUT2D eigenvalue weighted by atomic mass is 9.83. The molecule has 0 saturated carbocycles. The predicted molar refractivity (Wildman–Crippen MR) is 100.0 cm³/mol. The number of fused-ring (bicyclic) bond motifs is 1. The van der Waals surface area contributed by atoms with E-state index in [4.69, 9.17) is 10.00 Å². The van der Waals surface area contributed by atoms with Gasteiger partial charge < -0.3 is 9.30 Å². The van der Waals surface area contributed by atoms with Crippen molar-refractivity contribution >= 4 is 0 Å². The van der Waals surface area contributed by atoms with Crippen LogP contribution in [0.3, 0.4) is 0 Å². The minimum Gasteiger partial charge on any atom is -0.496 e. The van der Waals surface area contributed by atoms with E-state index in [-0.39, 0.29) is 11.9 Å². The van der Waals surface area contributed by atoms with Gasteiger partial charge in [0.2, 0.25) is 0 Å². The zero-order chi connectivity index (χ0) is 18.8. The number of aromatic nitrogens is 2. The summed E-state index contributed by atoms with van der Waals surface area (Å²) in [5.41, 5.74) is 3.96. The van der Waals surface area contributed by atoms with Gasteiger partial charge in [0.05, 0.1) is 31.1 Å². The summed E-state index contributed by atoms with van der Waals surface area (Å²) < 4.78 is 21.0. The van der Waals surface area contributed by atoms with Crippen LogP contribution in [-0.2, 0) is 12.8 Å². The third kappa shape index (κ3) is 3.43. The Morgan fingerprint density at radius 1 is 1.26 bits per heavy atom. The molecule has 136 valence electrons. The number of benzene rings is 2. The standard InChI is InChI=1S/C22H20FN3O/c1-27-22-11-16(12-24)4-7-20(22)21-10-17(9-19-13-25-14-26(19)21)8-15-2-5-18(23)6-3-15/h2-7,11,13-14,17,21H,8-10H2,1H3/t17?,21-/m0/s1. The van der Waals surface area contributed by atoms with Crippen LogP contribution in [0.1, 0.15) is 34.8 Å². The molecule has 5 heteroatoms.